The van der Waals surface area contributed by atoms with Crippen LogP contribution in [0.5, 0.6) is 17.2 Å². The highest BCUT2D eigenvalue weighted by Crippen LogP contribution is 2.29. The standard InChI is InChI=1S/C24H28N2O6S/c1-2-33(31,32)26-22-13-18(7-12-23(22)29)24(30)15-25-14-21(16-3-8-19(27)9-4-16)17-5-10-20(28)11-6-17/h3-13,21,24-30H,2,14-15H2,1H3. The van der Waals surface area contributed by atoms with Crippen LogP contribution in [0.3, 0.4) is 0 Å². The minimum Gasteiger partial charge on any atom is -0.508 e. The molecule has 0 aliphatic heterocycles. The number of anilines is 1. The number of rotatable bonds is 10. The zero-order valence-corrected chi connectivity index (χ0v) is 19.0. The van der Waals surface area contributed by atoms with E-state index >= 15 is 0 Å². The number of aliphatic hydroxyl groups is 1. The summed E-state index contributed by atoms with van der Waals surface area (Å²) < 4.78 is 26.0. The van der Waals surface area contributed by atoms with Crippen molar-refractivity contribution in [3.8, 4) is 17.2 Å². The van der Waals surface area contributed by atoms with Crippen molar-refractivity contribution in [2.45, 2.75) is 18.9 Å². The number of hydrogen-bond donors (Lipinski definition) is 6. The van der Waals surface area contributed by atoms with Crippen molar-refractivity contribution in [2.75, 3.05) is 23.6 Å². The number of aromatic hydroxyl groups is 3. The van der Waals surface area contributed by atoms with Gasteiger partial charge in [0, 0.05) is 19.0 Å². The molecule has 0 saturated heterocycles. The van der Waals surface area contributed by atoms with Gasteiger partial charge in [-0.25, -0.2) is 8.42 Å². The van der Waals surface area contributed by atoms with Crippen LogP contribution in [0, 0.1) is 0 Å². The van der Waals surface area contributed by atoms with Gasteiger partial charge in [0.25, 0.3) is 0 Å². The summed E-state index contributed by atoms with van der Waals surface area (Å²) >= 11 is 0. The van der Waals surface area contributed by atoms with E-state index in [1.54, 1.807) is 24.3 Å². The normalized spacial score (nSPS) is 12.6. The van der Waals surface area contributed by atoms with Crippen molar-refractivity contribution in [1.82, 2.24) is 5.32 Å². The largest absolute Gasteiger partial charge is 0.508 e. The first-order valence-electron chi connectivity index (χ1n) is 10.5. The predicted octanol–water partition coefficient (Wildman–Crippen LogP) is 3.02. The molecule has 8 nitrogen and oxygen atoms in total. The predicted molar refractivity (Wildman–Crippen MR) is 127 cm³/mol. The minimum absolute atomic E-state index is 0.0134. The van der Waals surface area contributed by atoms with Gasteiger partial charge < -0.3 is 25.7 Å². The highest BCUT2D eigenvalue weighted by Gasteiger charge is 2.17. The van der Waals surface area contributed by atoms with Gasteiger partial charge >= 0.3 is 0 Å². The third kappa shape index (κ3) is 6.61. The number of aliphatic hydroxyl groups excluding tert-OH is 1. The molecule has 0 radical (unpaired) electrons. The second-order valence-electron chi connectivity index (χ2n) is 7.69. The summed E-state index contributed by atoms with van der Waals surface area (Å²) in [7, 11) is -3.58. The molecule has 0 spiro atoms. The van der Waals surface area contributed by atoms with E-state index in [1.807, 2.05) is 24.3 Å². The van der Waals surface area contributed by atoms with E-state index in [0.29, 0.717) is 12.1 Å². The summed E-state index contributed by atoms with van der Waals surface area (Å²) in [5.41, 5.74) is 2.35. The lowest BCUT2D eigenvalue weighted by Gasteiger charge is -2.21. The Kier molecular flexibility index (Phi) is 7.80. The topological polar surface area (TPSA) is 139 Å². The van der Waals surface area contributed by atoms with Crippen molar-refractivity contribution in [1.29, 1.82) is 0 Å². The van der Waals surface area contributed by atoms with Crippen molar-refractivity contribution >= 4 is 15.7 Å². The molecule has 0 fully saturated rings. The fourth-order valence-corrected chi connectivity index (χ4v) is 4.05. The molecule has 0 bridgehead atoms. The Morgan fingerprint density at radius 1 is 0.788 bits per heavy atom. The SMILES string of the molecule is CCS(=O)(=O)Nc1cc(C(O)CNCC(c2ccc(O)cc2)c2ccc(O)cc2)ccc1O. The van der Waals surface area contributed by atoms with E-state index < -0.39 is 16.1 Å². The van der Waals surface area contributed by atoms with Crippen LogP contribution in [-0.2, 0) is 10.0 Å². The maximum Gasteiger partial charge on any atom is 0.232 e. The zero-order valence-electron chi connectivity index (χ0n) is 18.1. The number of phenolic OH excluding ortho intramolecular Hbond substituents is 3. The summed E-state index contributed by atoms with van der Waals surface area (Å²) in [5.74, 6) is -0.154. The molecule has 3 rings (SSSR count). The number of benzene rings is 3. The van der Waals surface area contributed by atoms with Gasteiger partial charge in [0.05, 0.1) is 17.5 Å². The fraction of sp³-hybridized carbons (Fsp3) is 0.250. The van der Waals surface area contributed by atoms with E-state index in [1.165, 1.54) is 25.1 Å². The molecular weight excluding hydrogens is 444 g/mol. The van der Waals surface area contributed by atoms with Gasteiger partial charge in [-0.1, -0.05) is 30.3 Å². The van der Waals surface area contributed by atoms with Gasteiger partial charge in [-0.15, -0.1) is 0 Å². The summed E-state index contributed by atoms with van der Waals surface area (Å²) in [6.45, 7) is 2.12. The second-order valence-corrected chi connectivity index (χ2v) is 9.70. The molecule has 9 heteroatoms. The zero-order chi connectivity index (χ0) is 24.0. The Morgan fingerprint density at radius 2 is 1.30 bits per heavy atom. The lowest BCUT2D eigenvalue weighted by Crippen LogP contribution is -2.27. The monoisotopic (exact) mass is 472 g/mol. The molecule has 0 aliphatic carbocycles. The Hall–Kier alpha value is -3.27. The smallest absolute Gasteiger partial charge is 0.232 e. The van der Waals surface area contributed by atoms with Crippen LogP contribution >= 0.6 is 0 Å². The quantitative estimate of drug-likeness (QED) is 0.249. The van der Waals surface area contributed by atoms with Crippen molar-refractivity contribution in [2.24, 2.45) is 0 Å². The highest BCUT2D eigenvalue weighted by atomic mass is 32.2. The molecule has 0 heterocycles. The highest BCUT2D eigenvalue weighted by molar-refractivity contribution is 7.92. The number of hydrogen-bond acceptors (Lipinski definition) is 7. The Balaban J connectivity index is 1.72. The first-order chi connectivity index (χ1) is 15.7. The van der Waals surface area contributed by atoms with Crippen LogP contribution in [0.2, 0.25) is 0 Å². The molecule has 6 N–H and O–H groups in total. The summed E-state index contributed by atoms with van der Waals surface area (Å²) in [4.78, 5) is 0. The minimum atomic E-state index is -3.58. The first kappa shape index (κ1) is 24.4. The molecule has 3 aromatic rings. The Bertz CT molecular complexity index is 1120. The number of sulfonamides is 1. The molecule has 0 aliphatic rings. The van der Waals surface area contributed by atoms with Gasteiger partial charge in [-0.2, -0.15) is 0 Å². The summed E-state index contributed by atoms with van der Waals surface area (Å²) in [6.07, 6.45) is -0.948. The third-order valence-electron chi connectivity index (χ3n) is 5.33. The summed E-state index contributed by atoms with van der Waals surface area (Å²) in [5, 5.41) is 43.0. The van der Waals surface area contributed by atoms with Crippen LogP contribution in [0.15, 0.2) is 66.7 Å². The van der Waals surface area contributed by atoms with E-state index in [9.17, 15) is 28.8 Å². The molecule has 0 saturated carbocycles. The van der Waals surface area contributed by atoms with Crippen molar-refractivity contribution < 1.29 is 28.8 Å². The fourth-order valence-electron chi connectivity index (χ4n) is 3.41. The van der Waals surface area contributed by atoms with Crippen LogP contribution in [0.4, 0.5) is 5.69 Å². The van der Waals surface area contributed by atoms with Crippen LogP contribution < -0.4 is 10.0 Å². The van der Waals surface area contributed by atoms with Gasteiger partial charge in [0.1, 0.15) is 17.2 Å². The van der Waals surface area contributed by atoms with Crippen molar-refractivity contribution in [3.05, 3.63) is 83.4 Å². The van der Waals surface area contributed by atoms with Gasteiger partial charge in [-0.3, -0.25) is 4.72 Å². The molecule has 176 valence electrons. The average Bonchev–Trinajstić information content (AvgIpc) is 2.79. The molecule has 0 aromatic heterocycles. The Morgan fingerprint density at radius 3 is 1.82 bits per heavy atom. The number of phenols is 3. The van der Waals surface area contributed by atoms with Gasteiger partial charge in [0.15, 0.2) is 0 Å². The third-order valence-corrected chi connectivity index (χ3v) is 6.62. The molecule has 1 atom stereocenters. The first-order valence-corrected chi connectivity index (χ1v) is 12.1. The van der Waals surface area contributed by atoms with E-state index in [2.05, 4.69) is 10.0 Å². The molecule has 3 aromatic carbocycles. The van der Waals surface area contributed by atoms with E-state index in [0.717, 1.165) is 11.1 Å². The lowest BCUT2D eigenvalue weighted by molar-refractivity contribution is 0.174. The van der Waals surface area contributed by atoms with E-state index in [4.69, 9.17) is 0 Å². The van der Waals surface area contributed by atoms with Crippen LogP contribution in [-0.4, -0.2) is 47.7 Å². The van der Waals surface area contributed by atoms with Crippen LogP contribution in [0.25, 0.3) is 0 Å². The molecule has 33 heavy (non-hydrogen) atoms. The second kappa shape index (κ2) is 10.6. The lowest BCUT2D eigenvalue weighted by atomic mass is 9.91. The van der Waals surface area contributed by atoms with Crippen LogP contribution in [0.1, 0.15) is 35.6 Å². The molecular formula is C24H28N2O6S. The molecule has 1 unspecified atom stereocenters. The Labute approximate surface area is 193 Å². The average molecular weight is 473 g/mol. The van der Waals surface area contributed by atoms with Gasteiger partial charge in [0.2, 0.25) is 10.0 Å². The van der Waals surface area contributed by atoms with Gasteiger partial charge in [-0.05, 0) is 60.0 Å². The van der Waals surface area contributed by atoms with Crippen molar-refractivity contribution in [3.63, 3.8) is 0 Å². The maximum atomic E-state index is 11.8. The molecule has 0 amide bonds. The summed E-state index contributed by atoms with van der Waals surface area (Å²) in [6, 6.07) is 18.0. The number of nitrogens with one attached hydrogen (secondary N) is 2. The maximum absolute atomic E-state index is 11.8. The van der Waals surface area contributed by atoms with E-state index in [-0.39, 0.29) is 41.2 Å².